The Morgan fingerprint density at radius 1 is 1.00 bits per heavy atom. The van der Waals surface area contributed by atoms with Crippen LogP contribution in [0.4, 0.5) is 0 Å². The number of amides is 2. The van der Waals surface area contributed by atoms with Gasteiger partial charge in [0.05, 0.1) is 12.5 Å². The lowest BCUT2D eigenvalue weighted by Crippen LogP contribution is -2.49. The van der Waals surface area contributed by atoms with Gasteiger partial charge in [0, 0.05) is 17.6 Å². The summed E-state index contributed by atoms with van der Waals surface area (Å²) in [4.78, 5) is 24.9. The molecule has 5 nitrogen and oxygen atoms in total. The van der Waals surface area contributed by atoms with Crippen molar-refractivity contribution in [1.29, 1.82) is 0 Å². The maximum atomic E-state index is 12.5. The minimum absolute atomic E-state index is 0.145. The number of rotatable bonds is 7. The molecule has 0 fully saturated rings. The zero-order chi connectivity index (χ0) is 18.3. The van der Waals surface area contributed by atoms with Crippen LogP contribution in [0.2, 0.25) is 0 Å². The number of carbonyl (C=O) groups excluding carboxylic acids is 2. The van der Waals surface area contributed by atoms with Crippen LogP contribution in [-0.4, -0.2) is 23.9 Å². The summed E-state index contributed by atoms with van der Waals surface area (Å²) >= 11 is 0. The number of hydrogen-bond acceptors (Lipinski definition) is 3. The minimum Gasteiger partial charge on any atom is -0.350 e. The van der Waals surface area contributed by atoms with Crippen molar-refractivity contribution >= 4 is 11.8 Å². The van der Waals surface area contributed by atoms with Crippen molar-refractivity contribution in [3.8, 4) is 0 Å². The average molecular weight is 339 g/mol. The molecule has 5 heteroatoms. The van der Waals surface area contributed by atoms with Crippen LogP contribution in [0.25, 0.3) is 0 Å². The lowest BCUT2D eigenvalue weighted by atomic mass is 10.0. The first-order valence-electron chi connectivity index (χ1n) is 8.33. The highest BCUT2D eigenvalue weighted by molar-refractivity contribution is 5.94. The zero-order valence-corrected chi connectivity index (χ0v) is 14.7. The van der Waals surface area contributed by atoms with Crippen LogP contribution in [0, 0.1) is 0 Å². The average Bonchev–Trinajstić information content (AvgIpc) is 2.62. The Balaban J connectivity index is 2.14. The smallest absolute Gasteiger partial charge is 0.251 e. The molecule has 132 valence electrons. The van der Waals surface area contributed by atoms with Crippen LogP contribution in [0.1, 0.15) is 42.2 Å². The van der Waals surface area contributed by atoms with Gasteiger partial charge in [0.1, 0.15) is 0 Å². The number of hydrogen-bond donors (Lipinski definition) is 3. The van der Waals surface area contributed by atoms with Gasteiger partial charge in [-0.3, -0.25) is 9.59 Å². The molecular weight excluding hydrogens is 314 g/mol. The number of benzene rings is 2. The van der Waals surface area contributed by atoms with Crippen molar-refractivity contribution < 1.29 is 9.59 Å². The SMILES string of the molecule is CC(C)(CN)NC(=O)CC(NC(=O)c1ccccc1)c1ccccc1. The molecule has 2 aromatic carbocycles. The van der Waals surface area contributed by atoms with E-state index in [0.29, 0.717) is 12.1 Å². The second-order valence-corrected chi connectivity index (χ2v) is 6.64. The van der Waals surface area contributed by atoms with E-state index in [4.69, 9.17) is 5.73 Å². The fraction of sp³-hybridized carbons (Fsp3) is 0.300. The summed E-state index contributed by atoms with van der Waals surface area (Å²) in [6.07, 6.45) is 0.145. The number of carbonyl (C=O) groups is 2. The molecule has 0 spiro atoms. The third kappa shape index (κ3) is 5.72. The Labute approximate surface area is 148 Å². The summed E-state index contributed by atoms with van der Waals surface area (Å²) in [6, 6.07) is 18.0. The highest BCUT2D eigenvalue weighted by Crippen LogP contribution is 2.18. The van der Waals surface area contributed by atoms with Crippen LogP contribution in [0.3, 0.4) is 0 Å². The van der Waals surface area contributed by atoms with E-state index in [9.17, 15) is 9.59 Å². The predicted octanol–water partition coefficient (Wildman–Crippen LogP) is 2.40. The van der Waals surface area contributed by atoms with Gasteiger partial charge in [-0.2, -0.15) is 0 Å². The van der Waals surface area contributed by atoms with Crippen molar-refractivity contribution in [3.63, 3.8) is 0 Å². The third-order valence-corrected chi connectivity index (χ3v) is 3.92. The molecule has 2 aromatic rings. The molecule has 0 heterocycles. The standard InChI is InChI=1S/C20H25N3O2/c1-20(2,14-21)23-18(24)13-17(15-9-5-3-6-10-15)22-19(25)16-11-7-4-8-12-16/h3-12,17H,13-14,21H2,1-2H3,(H,22,25)(H,23,24). The van der Waals surface area contributed by atoms with Gasteiger partial charge in [-0.05, 0) is 31.5 Å². The lowest BCUT2D eigenvalue weighted by molar-refractivity contribution is -0.123. The second kappa shape index (κ2) is 8.44. The number of nitrogens with two attached hydrogens (primary N) is 1. The summed E-state index contributed by atoms with van der Waals surface area (Å²) in [5.41, 5.74) is 6.63. The van der Waals surface area contributed by atoms with Crippen LogP contribution in [-0.2, 0) is 4.79 Å². The first kappa shape index (κ1) is 18.7. The summed E-state index contributed by atoms with van der Waals surface area (Å²) in [5.74, 6) is -0.363. The van der Waals surface area contributed by atoms with Gasteiger partial charge in [-0.25, -0.2) is 0 Å². The molecule has 1 unspecified atom stereocenters. The van der Waals surface area contributed by atoms with Crippen molar-refractivity contribution in [2.45, 2.75) is 31.8 Å². The summed E-state index contributed by atoms with van der Waals surface area (Å²) in [6.45, 7) is 4.07. The van der Waals surface area contributed by atoms with Gasteiger partial charge in [-0.1, -0.05) is 48.5 Å². The van der Waals surface area contributed by atoms with Gasteiger partial charge in [-0.15, -0.1) is 0 Å². The Kier molecular flexibility index (Phi) is 6.31. The van der Waals surface area contributed by atoms with Gasteiger partial charge < -0.3 is 16.4 Å². The van der Waals surface area contributed by atoms with Crippen molar-refractivity contribution in [3.05, 3.63) is 71.8 Å². The molecule has 0 radical (unpaired) electrons. The predicted molar refractivity (Wildman–Crippen MR) is 99.0 cm³/mol. The molecular formula is C20H25N3O2. The molecule has 0 saturated heterocycles. The van der Waals surface area contributed by atoms with E-state index in [1.54, 1.807) is 12.1 Å². The first-order valence-corrected chi connectivity index (χ1v) is 8.33. The molecule has 0 saturated carbocycles. The molecule has 4 N–H and O–H groups in total. The van der Waals surface area contributed by atoms with Crippen LogP contribution in [0.15, 0.2) is 60.7 Å². The topological polar surface area (TPSA) is 84.2 Å². The molecule has 1 atom stereocenters. The molecule has 25 heavy (non-hydrogen) atoms. The quantitative estimate of drug-likeness (QED) is 0.724. The lowest BCUT2D eigenvalue weighted by Gasteiger charge is -2.26. The van der Waals surface area contributed by atoms with E-state index in [0.717, 1.165) is 5.56 Å². The van der Waals surface area contributed by atoms with Gasteiger partial charge in [0.25, 0.3) is 5.91 Å². The normalized spacial score (nSPS) is 12.3. The van der Waals surface area contributed by atoms with Crippen molar-refractivity contribution in [2.75, 3.05) is 6.54 Å². The van der Waals surface area contributed by atoms with Crippen LogP contribution in [0.5, 0.6) is 0 Å². The monoisotopic (exact) mass is 339 g/mol. The highest BCUT2D eigenvalue weighted by atomic mass is 16.2. The van der Waals surface area contributed by atoms with Crippen molar-refractivity contribution in [1.82, 2.24) is 10.6 Å². The molecule has 0 aliphatic rings. The second-order valence-electron chi connectivity index (χ2n) is 6.64. The van der Waals surface area contributed by atoms with Crippen molar-refractivity contribution in [2.24, 2.45) is 5.73 Å². The van der Waals surface area contributed by atoms with E-state index >= 15 is 0 Å². The third-order valence-electron chi connectivity index (χ3n) is 3.92. The molecule has 0 aliphatic carbocycles. The van der Waals surface area contributed by atoms with E-state index in [1.807, 2.05) is 62.4 Å². The maximum Gasteiger partial charge on any atom is 0.251 e. The highest BCUT2D eigenvalue weighted by Gasteiger charge is 2.23. The largest absolute Gasteiger partial charge is 0.350 e. The molecule has 2 amide bonds. The van der Waals surface area contributed by atoms with Gasteiger partial charge >= 0.3 is 0 Å². The minimum atomic E-state index is -0.484. The summed E-state index contributed by atoms with van der Waals surface area (Å²) in [5, 5.41) is 5.86. The fourth-order valence-electron chi connectivity index (χ4n) is 2.43. The van der Waals surface area contributed by atoms with E-state index in [-0.39, 0.29) is 18.2 Å². The summed E-state index contributed by atoms with van der Waals surface area (Å²) < 4.78 is 0. The van der Waals surface area contributed by atoms with Gasteiger partial charge in [0.2, 0.25) is 5.91 Å². The maximum absolute atomic E-state index is 12.5. The molecule has 0 aliphatic heterocycles. The van der Waals surface area contributed by atoms with Gasteiger partial charge in [0.15, 0.2) is 0 Å². The van der Waals surface area contributed by atoms with Crippen LogP contribution >= 0.6 is 0 Å². The Hall–Kier alpha value is -2.66. The van der Waals surface area contributed by atoms with E-state index < -0.39 is 11.6 Å². The Morgan fingerprint density at radius 2 is 1.56 bits per heavy atom. The van der Waals surface area contributed by atoms with E-state index in [1.165, 1.54) is 0 Å². The Bertz CT molecular complexity index is 699. The number of nitrogens with one attached hydrogen (secondary N) is 2. The molecule has 0 aromatic heterocycles. The van der Waals surface area contributed by atoms with Crippen LogP contribution < -0.4 is 16.4 Å². The Morgan fingerprint density at radius 3 is 2.12 bits per heavy atom. The summed E-state index contributed by atoms with van der Waals surface area (Å²) in [7, 11) is 0. The fourth-order valence-corrected chi connectivity index (χ4v) is 2.43. The zero-order valence-electron chi connectivity index (χ0n) is 14.7. The molecule has 0 bridgehead atoms. The molecule has 2 rings (SSSR count). The first-order chi connectivity index (χ1) is 11.9. The van der Waals surface area contributed by atoms with E-state index in [2.05, 4.69) is 10.6 Å².